The number of benzene rings is 1. The van der Waals surface area contributed by atoms with Crippen LogP contribution in [0.1, 0.15) is 48.9 Å². The fourth-order valence-electron chi connectivity index (χ4n) is 3.87. The van der Waals surface area contributed by atoms with Crippen molar-refractivity contribution >= 4 is 29.2 Å². The predicted octanol–water partition coefficient (Wildman–Crippen LogP) is 4.05. The molecule has 1 saturated carbocycles. The number of aromatic amines is 1. The Morgan fingerprint density at radius 3 is 2.83 bits per heavy atom. The Morgan fingerprint density at radius 2 is 2.08 bits per heavy atom. The summed E-state index contributed by atoms with van der Waals surface area (Å²) in [5.74, 6) is 0.0709. The van der Waals surface area contributed by atoms with Gasteiger partial charge < -0.3 is 19.0 Å². The number of rotatable bonds is 4. The standard InChI is InChI=1S/C18H22N2O3S/c21-17(12-7-8-15-16(10-12)23-18(24)19-15)20(13-4-1-2-5-13)11-14-6-3-9-22-14/h7-8,10,13-14H,1-6,9,11H2,(H,19,24). The van der Waals surface area contributed by atoms with Gasteiger partial charge in [0.15, 0.2) is 5.58 Å². The number of oxazole rings is 1. The molecule has 2 heterocycles. The monoisotopic (exact) mass is 346 g/mol. The minimum Gasteiger partial charge on any atom is -0.429 e. The number of aromatic nitrogens is 1. The van der Waals surface area contributed by atoms with Crippen molar-refractivity contribution < 1.29 is 13.9 Å². The van der Waals surface area contributed by atoms with Crippen molar-refractivity contribution in [3.63, 3.8) is 0 Å². The molecule has 1 aliphatic heterocycles. The van der Waals surface area contributed by atoms with Crippen molar-refractivity contribution in [2.24, 2.45) is 0 Å². The fourth-order valence-corrected chi connectivity index (χ4v) is 4.07. The van der Waals surface area contributed by atoms with Crippen LogP contribution in [0.3, 0.4) is 0 Å². The molecule has 1 aromatic heterocycles. The van der Waals surface area contributed by atoms with E-state index in [0.29, 0.717) is 28.6 Å². The third-order valence-corrected chi connectivity index (χ3v) is 5.30. The molecule has 1 N–H and O–H groups in total. The molecule has 1 aromatic carbocycles. The summed E-state index contributed by atoms with van der Waals surface area (Å²) in [4.78, 5) is 18.5. The Bertz CT molecular complexity index is 785. The normalized spacial score (nSPS) is 21.6. The number of fused-ring (bicyclic) bond motifs is 1. The van der Waals surface area contributed by atoms with E-state index in [1.54, 1.807) is 6.07 Å². The van der Waals surface area contributed by atoms with E-state index in [0.717, 1.165) is 37.8 Å². The van der Waals surface area contributed by atoms with Crippen LogP contribution in [0.15, 0.2) is 22.6 Å². The summed E-state index contributed by atoms with van der Waals surface area (Å²) in [5, 5.41) is 0. The molecule has 0 spiro atoms. The van der Waals surface area contributed by atoms with Gasteiger partial charge in [-0.2, -0.15) is 0 Å². The average Bonchev–Trinajstić information content (AvgIpc) is 3.31. The second kappa shape index (κ2) is 6.69. The Morgan fingerprint density at radius 1 is 1.25 bits per heavy atom. The zero-order valence-corrected chi connectivity index (χ0v) is 14.4. The highest BCUT2D eigenvalue weighted by Gasteiger charge is 2.31. The average molecular weight is 346 g/mol. The van der Waals surface area contributed by atoms with Crippen LogP contribution >= 0.6 is 12.2 Å². The minimum absolute atomic E-state index is 0.0709. The molecule has 0 radical (unpaired) electrons. The van der Waals surface area contributed by atoms with Crippen LogP contribution in [0, 0.1) is 4.84 Å². The second-order valence-electron chi connectivity index (χ2n) is 6.76. The van der Waals surface area contributed by atoms with Crippen LogP contribution in [0.5, 0.6) is 0 Å². The Balaban J connectivity index is 1.61. The molecule has 2 fully saturated rings. The Kier molecular flexibility index (Phi) is 4.41. The van der Waals surface area contributed by atoms with E-state index in [9.17, 15) is 4.79 Å². The van der Waals surface area contributed by atoms with E-state index < -0.39 is 0 Å². The van der Waals surface area contributed by atoms with Crippen LogP contribution in [0.25, 0.3) is 11.1 Å². The van der Waals surface area contributed by atoms with E-state index >= 15 is 0 Å². The van der Waals surface area contributed by atoms with E-state index in [4.69, 9.17) is 21.4 Å². The van der Waals surface area contributed by atoms with Gasteiger partial charge in [-0.05, 0) is 56.1 Å². The molecule has 2 aromatic rings. The van der Waals surface area contributed by atoms with Gasteiger partial charge in [0.1, 0.15) is 0 Å². The zero-order valence-electron chi connectivity index (χ0n) is 13.6. The molecule has 5 nitrogen and oxygen atoms in total. The minimum atomic E-state index is 0.0709. The molecule has 6 heteroatoms. The molecule has 1 aliphatic carbocycles. The van der Waals surface area contributed by atoms with Crippen LogP contribution in [-0.2, 0) is 4.74 Å². The van der Waals surface area contributed by atoms with Crippen LogP contribution < -0.4 is 0 Å². The van der Waals surface area contributed by atoms with E-state index in [2.05, 4.69) is 4.98 Å². The lowest BCUT2D eigenvalue weighted by Gasteiger charge is -2.31. The number of ether oxygens (including phenoxy) is 1. The predicted molar refractivity (Wildman–Crippen MR) is 93.7 cm³/mol. The van der Waals surface area contributed by atoms with Crippen molar-refractivity contribution in [1.29, 1.82) is 0 Å². The first-order valence-corrected chi connectivity index (χ1v) is 9.17. The molecule has 1 amide bonds. The number of nitrogens with one attached hydrogen (secondary N) is 1. The third kappa shape index (κ3) is 3.13. The molecular weight excluding hydrogens is 324 g/mol. The molecule has 1 atom stereocenters. The Labute approximate surface area is 146 Å². The number of carbonyl (C=O) groups excluding carboxylic acids is 1. The molecule has 24 heavy (non-hydrogen) atoms. The molecule has 0 bridgehead atoms. The molecule has 1 unspecified atom stereocenters. The first kappa shape index (κ1) is 15.8. The number of nitrogens with zero attached hydrogens (tertiary/aromatic N) is 1. The molecule has 1 saturated heterocycles. The highest BCUT2D eigenvalue weighted by atomic mass is 32.1. The van der Waals surface area contributed by atoms with Gasteiger partial charge in [-0.25, -0.2) is 0 Å². The van der Waals surface area contributed by atoms with Crippen LogP contribution in [-0.4, -0.2) is 41.1 Å². The summed E-state index contributed by atoms with van der Waals surface area (Å²) in [5.41, 5.74) is 2.11. The zero-order chi connectivity index (χ0) is 16.5. The van der Waals surface area contributed by atoms with Crippen molar-refractivity contribution in [1.82, 2.24) is 9.88 Å². The summed E-state index contributed by atoms with van der Waals surface area (Å²) >= 11 is 5.02. The highest BCUT2D eigenvalue weighted by Crippen LogP contribution is 2.27. The topological polar surface area (TPSA) is 58.5 Å². The van der Waals surface area contributed by atoms with Crippen LogP contribution in [0.2, 0.25) is 0 Å². The maximum absolute atomic E-state index is 13.2. The van der Waals surface area contributed by atoms with E-state index in [1.807, 2.05) is 17.0 Å². The lowest BCUT2D eigenvalue weighted by Crippen LogP contribution is -2.43. The second-order valence-corrected chi connectivity index (χ2v) is 7.13. The number of hydrogen-bond donors (Lipinski definition) is 1. The van der Waals surface area contributed by atoms with Crippen molar-refractivity contribution in [2.45, 2.75) is 50.7 Å². The maximum Gasteiger partial charge on any atom is 0.266 e. The number of carbonyl (C=O) groups is 1. The lowest BCUT2D eigenvalue weighted by atomic mass is 10.1. The largest absolute Gasteiger partial charge is 0.429 e. The molecule has 128 valence electrons. The van der Waals surface area contributed by atoms with Gasteiger partial charge in [0.25, 0.3) is 10.7 Å². The first-order valence-electron chi connectivity index (χ1n) is 8.76. The Hall–Kier alpha value is -1.66. The molecular formula is C18H22N2O3S. The van der Waals surface area contributed by atoms with Crippen molar-refractivity contribution in [2.75, 3.05) is 13.2 Å². The molecule has 2 aliphatic rings. The number of amides is 1. The highest BCUT2D eigenvalue weighted by molar-refractivity contribution is 7.71. The summed E-state index contributed by atoms with van der Waals surface area (Å²) in [6, 6.07) is 5.83. The van der Waals surface area contributed by atoms with Crippen LogP contribution in [0.4, 0.5) is 0 Å². The molecule has 4 rings (SSSR count). The summed E-state index contributed by atoms with van der Waals surface area (Å²) in [6.07, 6.45) is 6.89. The third-order valence-electron chi connectivity index (χ3n) is 5.12. The van der Waals surface area contributed by atoms with Gasteiger partial charge in [0.05, 0.1) is 11.6 Å². The van der Waals surface area contributed by atoms with Gasteiger partial charge in [0, 0.05) is 24.8 Å². The number of hydrogen-bond acceptors (Lipinski definition) is 4. The first-order chi connectivity index (χ1) is 11.7. The van der Waals surface area contributed by atoms with Crippen molar-refractivity contribution in [3.05, 3.63) is 28.6 Å². The number of H-pyrrole nitrogens is 1. The quantitative estimate of drug-likeness (QED) is 0.849. The fraction of sp³-hybridized carbons (Fsp3) is 0.556. The van der Waals surface area contributed by atoms with Gasteiger partial charge in [-0.1, -0.05) is 12.8 Å². The SMILES string of the molecule is O=C(c1ccc2[nH]c(=S)oc2c1)N(CC1CCCO1)C1CCCC1. The van der Waals surface area contributed by atoms with Gasteiger partial charge in [-0.15, -0.1) is 0 Å². The van der Waals surface area contributed by atoms with Gasteiger partial charge in [0.2, 0.25) is 0 Å². The van der Waals surface area contributed by atoms with Gasteiger partial charge >= 0.3 is 0 Å². The lowest BCUT2D eigenvalue weighted by molar-refractivity contribution is 0.0421. The van der Waals surface area contributed by atoms with Crippen molar-refractivity contribution in [3.8, 4) is 0 Å². The summed E-state index contributed by atoms with van der Waals surface area (Å²) < 4.78 is 11.2. The summed E-state index contributed by atoms with van der Waals surface area (Å²) in [6.45, 7) is 1.51. The van der Waals surface area contributed by atoms with Gasteiger partial charge in [-0.3, -0.25) is 4.79 Å². The van der Waals surface area contributed by atoms with E-state index in [-0.39, 0.29) is 12.0 Å². The van der Waals surface area contributed by atoms with E-state index in [1.165, 1.54) is 12.8 Å². The summed E-state index contributed by atoms with van der Waals surface area (Å²) in [7, 11) is 0. The maximum atomic E-state index is 13.2. The smallest absolute Gasteiger partial charge is 0.266 e.